The summed E-state index contributed by atoms with van der Waals surface area (Å²) < 4.78 is 20.4. The molecule has 0 aliphatic heterocycles. The number of carbonyl (C=O) groups is 1. The van der Waals surface area contributed by atoms with E-state index >= 15 is 0 Å². The first-order valence-corrected chi connectivity index (χ1v) is 8.48. The summed E-state index contributed by atoms with van der Waals surface area (Å²) in [5, 5.41) is 0. The Labute approximate surface area is 152 Å². The summed E-state index contributed by atoms with van der Waals surface area (Å²) in [4.78, 5) is 12.5. The molecule has 134 valence electrons. The Bertz CT molecular complexity index is 902. The molecule has 0 amide bonds. The zero-order valence-electron chi connectivity index (χ0n) is 14.8. The number of carbonyl (C=O) groups excluding carboxylic acids is 1. The number of benzene rings is 2. The maximum Gasteiger partial charge on any atom is 0.340 e. The zero-order valence-corrected chi connectivity index (χ0v) is 14.8. The van der Waals surface area contributed by atoms with Gasteiger partial charge in [0.15, 0.2) is 0 Å². The van der Waals surface area contributed by atoms with Crippen LogP contribution in [0.15, 0.2) is 60.8 Å². The lowest BCUT2D eigenvalue weighted by atomic mass is 10.0. The lowest BCUT2D eigenvalue weighted by molar-refractivity contribution is 0.0526. The van der Waals surface area contributed by atoms with Crippen molar-refractivity contribution in [2.75, 3.05) is 6.61 Å². The SMILES string of the molecule is CCOC(=O)c1c(-c2ccc(F)cc2)cn([C@H](N)c2ccccc2)c1C. The molecule has 26 heavy (non-hydrogen) atoms. The molecule has 4 nitrogen and oxygen atoms in total. The van der Waals surface area contributed by atoms with Gasteiger partial charge in [-0.2, -0.15) is 0 Å². The van der Waals surface area contributed by atoms with Gasteiger partial charge < -0.3 is 15.0 Å². The van der Waals surface area contributed by atoms with Crippen molar-refractivity contribution in [3.63, 3.8) is 0 Å². The summed E-state index contributed by atoms with van der Waals surface area (Å²) in [6, 6.07) is 15.7. The van der Waals surface area contributed by atoms with Crippen molar-refractivity contribution in [3.8, 4) is 11.1 Å². The Kier molecular flexibility index (Phi) is 5.19. The van der Waals surface area contributed by atoms with Crippen LogP contribution in [-0.4, -0.2) is 17.1 Å². The maximum absolute atomic E-state index is 13.3. The third kappa shape index (κ3) is 3.39. The first-order valence-electron chi connectivity index (χ1n) is 8.48. The van der Waals surface area contributed by atoms with Crippen molar-refractivity contribution >= 4 is 5.97 Å². The lowest BCUT2D eigenvalue weighted by Crippen LogP contribution is -2.20. The number of hydrogen-bond acceptors (Lipinski definition) is 3. The largest absolute Gasteiger partial charge is 0.462 e. The average molecular weight is 352 g/mol. The van der Waals surface area contributed by atoms with Crippen LogP contribution in [0.2, 0.25) is 0 Å². The van der Waals surface area contributed by atoms with Crippen LogP contribution < -0.4 is 5.73 Å². The van der Waals surface area contributed by atoms with Gasteiger partial charge in [-0.3, -0.25) is 0 Å². The van der Waals surface area contributed by atoms with Gasteiger partial charge in [0.1, 0.15) is 12.0 Å². The van der Waals surface area contributed by atoms with Gasteiger partial charge in [-0.05, 0) is 37.1 Å². The molecule has 0 fully saturated rings. The highest BCUT2D eigenvalue weighted by molar-refractivity contribution is 5.98. The number of hydrogen-bond donors (Lipinski definition) is 1. The normalized spacial score (nSPS) is 12.0. The van der Waals surface area contributed by atoms with E-state index in [4.69, 9.17) is 10.5 Å². The highest BCUT2D eigenvalue weighted by atomic mass is 19.1. The minimum atomic E-state index is -0.446. The van der Waals surface area contributed by atoms with E-state index in [-0.39, 0.29) is 12.4 Å². The molecule has 2 aromatic carbocycles. The highest BCUT2D eigenvalue weighted by Crippen LogP contribution is 2.31. The van der Waals surface area contributed by atoms with Crippen LogP contribution in [0, 0.1) is 12.7 Å². The zero-order chi connectivity index (χ0) is 18.7. The fourth-order valence-corrected chi connectivity index (χ4v) is 3.03. The molecule has 0 saturated heterocycles. The van der Waals surface area contributed by atoms with E-state index in [9.17, 15) is 9.18 Å². The molecule has 1 atom stereocenters. The highest BCUT2D eigenvalue weighted by Gasteiger charge is 2.24. The van der Waals surface area contributed by atoms with E-state index in [0.717, 1.165) is 11.1 Å². The summed E-state index contributed by atoms with van der Waals surface area (Å²) >= 11 is 0. The van der Waals surface area contributed by atoms with Gasteiger partial charge in [0.2, 0.25) is 0 Å². The quantitative estimate of drug-likeness (QED) is 0.697. The van der Waals surface area contributed by atoms with Gasteiger partial charge >= 0.3 is 5.97 Å². The lowest BCUT2D eigenvalue weighted by Gasteiger charge is -2.16. The number of aromatic nitrogens is 1. The number of esters is 1. The smallest absolute Gasteiger partial charge is 0.340 e. The number of rotatable bonds is 5. The molecule has 0 unspecified atom stereocenters. The van der Waals surface area contributed by atoms with E-state index < -0.39 is 12.1 Å². The molecule has 0 aliphatic rings. The van der Waals surface area contributed by atoms with E-state index in [1.807, 2.05) is 48.0 Å². The third-order valence-electron chi connectivity index (χ3n) is 4.36. The van der Waals surface area contributed by atoms with Crippen LogP contribution >= 0.6 is 0 Å². The minimum Gasteiger partial charge on any atom is -0.462 e. The van der Waals surface area contributed by atoms with E-state index in [2.05, 4.69) is 0 Å². The second-order valence-corrected chi connectivity index (χ2v) is 5.99. The molecule has 1 aromatic heterocycles. The molecule has 2 N–H and O–H groups in total. The van der Waals surface area contributed by atoms with E-state index in [1.165, 1.54) is 12.1 Å². The summed E-state index contributed by atoms with van der Waals surface area (Å²) in [6.07, 6.45) is 1.38. The first-order chi connectivity index (χ1) is 12.5. The second kappa shape index (κ2) is 7.54. The van der Waals surface area contributed by atoms with Crippen molar-refractivity contribution in [2.24, 2.45) is 5.73 Å². The van der Waals surface area contributed by atoms with Crippen LogP contribution in [0.5, 0.6) is 0 Å². The Balaban J connectivity index is 2.14. The number of ether oxygens (including phenoxy) is 1. The number of nitrogens with two attached hydrogens (primary N) is 1. The van der Waals surface area contributed by atoms with Gasteiger partial charge in [0.25, 0.3) is 0 Å². The van der Waals surface area contributed by atoms with Crippen molar-refractivity contribution < 1.29 is 13.9 Å². The van der Waals surface area contributed by atoms with Crippen LogP contribution in [0.1, 0.15) is 34.7 Å². The molecular formula is C21H21FN2O2. The number of halogens is 1. The Morgan fingerprint density at radius 2 is 1.81 bits per heavy atom. The van der Waals surface area contributed by atoms with Crippen LogP contribution in [0.4, 0.5) is 4.39 Å². The predicted molar refractivity (Wildman–Crippen MR) is 99.3 cm³/mol. The van der Waals surface area contributed by atoms with Gasteiger partial charge in [-0.1, -0.05) is 42.5 Å². The molecular weight excluding hydrogens is 331 g/mol. The molecule has 0 spiro atoms. The number of nitrogens with zero attached hydrogens (tertiary/aromatic N) is 1. The molecule has 0 aliphatic carbocycles. The van der Waals surface area contributed by atoms with Crippen molar-refractivity contribution in [1.82, 2.24) is 4.57 Å². The fraction of sp³-hybridized carbons (Fsp3) is 0.190. The first kappa shape index (κ1) is 17.9. The average Bonchev–Trinajstić information content (AvgIpc) is 3.00. The van der Waals surface area contributed by atoms with Gasteiger partial charge in [-0.15, -0.1) is 0 Å². The van der Waals surface area contributed by atoms with Crippen molar-refractivity contribution in [2.45, 2.75) is 20.0 Å². The summed E-state index contributed by atoms with van der Waals surface area (Å²) in [7, 11) is 0. The van der Waals surface area contributed by atoms with Crippen molar-refractivity contribution in [1.29, 1.82) is 0 Å². The van der Waals surface area contributed by atoms with Gasteiger partial charge in [0, 0.05) is 17.5 Å². The molecule has 1 heterocycles. The van der Waals surface area contributed by atoms with Crippen molar-refractivity contribution in [3.05, 3.63) is 83.4 Å². The second-order valence-electron chi connectivity index (χ2n) is 5.99. The van der Waals surface area contributed by atoms with Crippen LogP contribution in [0.3, 0.4) is 0 Å². The molecule has 0 saturated carbocycles. The predicted octanol–water partition coefficient (Wildman–Crippen LogP) is 4.28. The topological polar surface area (TPSA) is 57.2 Å². The molecule has 3 aromatic rings. The minimum absolute atomic E-state index is 0.275. The van der Waals surface area contributed by atoms with Gasteiger partial charge in [0.05, 0.1) is 12.2 Å². The van der Waals surface area contributed by atoms with Crippen LogP contribution in [0.25, 0.3) is 11.1 Å². The summed E-state index contributed by atoms with van der Waals surface area (Å²) in [5.41, 5.74) is 9.91. The molecule has 0 radical (unpaired) electrons. The third-order valence-corrected chi connectivity index (χ3v) is 4.36. The summed E-state index contributed by atoms with van der Waals surface area (Å²) in [5.74, 6) is -0.744. The Morgan fingerprint density at radius 3 is 2.42 bits per heavy atom. The maximum atomic E-state index is 13.3. The molecule has 5 heteroatoms. The van der Waals surface area contributed by atoms with E-state index in [0.29, 0.717) is 16.8 Å². The fourth-order valence-electron chi connectivity index (χ4n) is 3.03. The van der Waals surface area contributed by atoms with Gasteiger partial charge in [-0.25, -0.2) is 9.18 Å². The van der Waals surface area contributed by atoms with Crippen LogP contribution in [-0.2, 0) is 4.74 Å². The molecule has 0 bridgehead atoms. The summed E-state index contributed by atoms with van der Waals surface area (Å²) in [6.45, 7) is 3.87. The standard InChI is InChI=1S/C21H21FN2O2/c1-3-26-21(25)19-14(2)24(20(23)16-7-5-4-6-8-16)13-18(19)15-9-11-17(22)12-10-15/h4-13,20H,3,23H2,1-2H3/t20-/m0/s1. The van der Waals surface area contributed by atoms with E-state index in [1.54, 1.807) is 19.1 Å². The Morgan fingerprint density at radius 1 is 1.15 bits per heavy atom. The Hall–Kier alpha value is -2.92. The monoisotopic (exact) mass is 352 g/mol. The molecule has 3 rings (SSSR count).